The van der Waals surface area contributed by atoms with E-state index < -0.39 is 0 Å². The van der Waals surface area contributed by atoms with Crippen LogP contribution in [0.1, 0.15) is 32.1 Å². The highest BCUT2D eigenvalue weighted by molar-refractivity contribution is 5.78. The molecule has 0 spiro atoms. The van der Waals surface area contributed by atoms with Crippen molar-refractivity contribution in [1.82, 2.24) is 0 Å². The summed E-state index contributed by atoms with van der Waals surface area (Å²) < 4.78 is 0. The van der Waals surface area contributed by atoms with Crippen LogP contribution >= 0.6 is 0 Å². The Bertz CT molecular complexity index is 72.6. The Hall–Kier alpha value is 0.150. The van der Waals surface area contributed by atoms with E-state index in [1.807, 2.05) is 0 Å². The van der Waals surface area contributed by atoms with Gasteiger partial charge in [0.25, 0.3) is 0 Å². The first-order valence-electron chi connectivity index (χ1n) is 2.91. The van der Waals surface area contributed by atoms with E-state index in [2.05, 4.69) is 0 Å². The Morgan fingerprint density at radius 2 is 1.50 bits per heavy atom. The fourth-order valence-corrected chi connectivity index (χ4v) is 0.946. The molecule has 0 aromatic heterocycles. The van der Waals surface area contributed by atoms with Crippen molar-refractivity contribution in [2.75, 3.05) is 0 Å². The molecule has 0 heterocycles. The van der Waals surface area contributed by atoms with E-state index in [0.29, 0.717) is 5.78 Å². The first kappa shape index (κ1) is 8.15. The van der Waals surface area contributed by atoms with Gasteiger partial charge in [-0.05, 0) is 12.8 Å². The van der Waals surface area contributed by atoms with Gasteiger partial charge in [-0.3, -0.25) is 4.79 Å². The first-order chi connectivity index (χ1) is 3.39. The zero-order valence-electron chi connectivity index (χ0n) is 4.82. The molecule has 0 aromatic carbocycles. The van der Waals surface area contributed by atoms with Crippen LogP contribution in [0, 0.1) is 0 Å². The van der Waals surface area contributed by atoms with Gasteiger partial charge in [0.2, 0.25) is 0 Å². The zero-order valence-corrected chi connectivity index (χ0v) is 6.41. The molecule has 0 amide bonds. The number of Topliss-reactive ketones (excluding diaryl/α,β-unsaturated/α-hetero) is 1. The average molecular weight is 178 g/mol. The summed E-state index contributed by atoms with van der Waals surface area (Å²) in [6, 6.07) is 0. The molecule has 1 fully saturated rings. The van der Waals surface area contributed by atoms with Crippen LogP contribution in [0.5, 0.6) is 0 Å². The van der Waals surface area contributed by atoms with Gasteiger partial charge in [0.15, 0.2) is 0 Å². The lowest BCUT2D eigenvalue weighted by atomic mass is 10.00. The molecule has 1 rings (SSSR count). The number of ketones is 1. The van der Waals surface area contributed by atoms with Crippen LogP contribution < -0.4 is 17.0 Å². The van der Waals surface area contributed by atoms with Gasteiger partial charge in [-0.1, -0.05) is 6.42 Å². The molecule has 0 atom stereocenters. The minimum Gasteiger partial charge on any atom is -1.00 e. The molecule has 1 nitrogen and oxygen atoms in total. The number of halogens is 1. The van der Waals surface area contributed by atoms with Gasteiger partial charge < -0.3 is 17.0 Å². The van der Waals surface area contributed by atoms with E-state index in [9.17, 15) is 4.79 Å². The Balaban J connectivity index is 0.000000490. The zero-order chi connectivity index (χ0) is 5.11. The topological polar surface area (TPSA) is 17.1 Å². The minimum atomic E-state index is 0. The van der Waals surface area contributed by atoms with Crippen molar-refractivity contribution in [1.29, 1.82) is 0 Å². The van der Waals surface area contributed by atoms with Gasteiger partial charge in [-0.25, -0.2) is 0 Å². The molecule has 1 aliphatic carbocycles. The molecule has 1 aliphatic rings. The summed E-state index contributed by atoms with van der Waals surface area (Å²) in [7, 11) is 0. The lowest BCUT2D eigenvalue weighted by Crippen LogP contribution is -3.00. The highest BCUT2D eigenvalue weighted by Crippen LogP contribution is 2.12. The van der Waals surface area contributed by atoms with Crippen LogP contribution in [0.4, 0.5) is 0 Å². The molecule has 8 heavy (non-hydrogen) atoms. The molecule has 0 radical (unpaired) electrons. The highest BCUT2D eigenvalue weighted by Gasteiger charge is 2.05. The molecule has 48 valence electrons. The molecule has 0 bridgehead atoms. The summed E-state index contributed by atoms with van der Waals surface area (Å²) in [5, 5.41) is 0. The molecule has 2 heteroatoms. The van der Waals surface area contributed by atoms with Gasteiger partial charge in [0.05, 0.1) is 0 Å². The van der Waals surface area contributed by atoms with Crippen molar-refractivity contribution in [3.05, 3.63) is 0 Å². The third-order valence-corrected chi connectivity index (χ3v) is 1.41. The number of carbonyl (C=O) groups is 1. The fourth-order valence-electron chi connectivity index (χ4n) is 0.946. The molecule has 0 saturated heterocycles. The predicted molar refractivity (Wildman–Crippen MR) is 28.1 cm³/mol. The Labute approximate surface area is 60.2 Å². The van der Waals surface area contributed by atoms with Gasteiger partial charge >= 0.3 is 0 Å². The molecular weight excluding hydrogens is 168 g/mol. The van der Waals surface area contributed by atoms with Crippen molar-refractivity contribution in [2.45, 2.75) is 32.1 Å². The molecule has 0 unspecified atom stereocenters. The van der Waals surface area contributed by atoms with E-state index in [0.717, 1.165) is 25.7 Å². The van der Waals surface area contributed by atoms with Crippen LogP contribution in [-0.2, 0) is 4.79 Å². The summed E-state index contributed by atoms with van der Waals surface area (Å²) in [6.07, 6.45) is 5.24. The van der Waals surface area contributed by atoms with Crippen LogP contribution in [0.2, 0.25) is 0 Å². The lowest BCUT2D eigenvalue weighted by Gasteiger charge is -2.05. The summed E-state index contributed by atoms with van der Waals surface area (Å²) in [4.78, 5) is 10.5. The van der Waals surface area contributed by atoms with Crippen molar-refractivity contribution < 1.29 is 21.8 Å². The van der Waals surface area contributed by atoms with Crippen LogP contribution in [0.15, 0.2) is 0 Å². The maximum Gasteiger partial charge on any atom is 0.132 e. The predicted octanol–water partition coefficient (Wildman–Crippen LogP) is -1.48. The van der Waals surface area contributed by atoms with Gasteiger partial charge in [0, 0.05) is 12.8 Å². The van der Waals surface area contributed by atoms with E-state index in [1.165, 1.54) is 6.42 Å². The Morgan fingerprint density at radius 1 is 1.00 bits per heavy atom. The minimum absolute atomic E-state index is 0. The summed E-state index contributed by atoms with van der Waals surface area (Å²) >= 11 is 0. The molecule has 0 aliphatic heterocycles. The maximum absolute atomic E-state index is 10.5. The summed E-state index contributed by atoms with van der Waals surface area (Å²) in [6.45, 7) is 0. The number of hydrogen-bond acceptors (Lipinski definition) is 1. The van der Waals surface area contributed by atoms with Crippen LogP contribution in [-0.4, -0.2) is 5.78 Å². The molecule has 0 N–H and O–H groups in total. The number of carbonyl (C=O) groups excluding carboxylic acids is 1. The lowest BCUT2D eigenvalue weighted by molar-refractivity contribution is -0.120. The largest absolute Gasteiger partial charge is 1.00 e. The first-order valence-corrected chi connectivity index (χ1v) is 2.91. The van der Waals surface area contributed by atoms with E-state index >= 15 is 0 Å². The average Bonchev–Trinajstić information content (AvgIpc) is 1.69. The smallest absolute Gasteiger partial charge is 0.132 e. The second kappa shape index (κ2) is 4.07. The van der Waals surface area contributed by atoms with Crippen molar-refractivity contribution >= 4 is 5.78 Å². The van der Waals surface area contributed by atoms with Crippen molar-refractivity contribution in [2.24, 2.45) is 0 Å². The summed E-state index contributed by atoms with van der Waals surface area (Å²) in [5.74, 6) is 0.464. The quantitative estimate of drug-likeness (QED) is 0.442. The SMILES string of the molecule is O=C1CCCCC1.[Br-]. The van der Waals surface area contributed by atoms with Crippen molar-refractivity contribution in [3.8, 4) is 0 Å². The summed E-state index contributed by atoms with van der Waals surface area (Å²) in [5.41, 5.74) is 0. The fraction of sp³-hybridized carbons (Fsp3) is 0.833. The Morgan fingerprint density at radius 3 is 1.75 bits per heavy atom. The van der Waals surface area contributed by atoms with Crippen molar-refractivity contribution in [3.63, 3.8) is 0 Å². The number of hydrogen-bond donors (Lipinski definition) is 0. The molecular formula is C6H10BrO-. The monoisotopic (exact) mass is 177 g/mol. The third-order valence-electron chi connectivity index (χ3n) is 1.41. The normalized spacial score (nSPS) is 19.8. The van der Waals surface area contributed by atoms with Gasteiger partial charge in [0.1, 0.15) is 5.78 Å². The van der Waals surface area contributed by atoms with E-state index in [4.69, 9.17) is 0 Å². The van der Waals surface area contributed by atoms with Crippen LogP contribution in [0.3, 0.4) is 0 Å². The second-order valence-electron chi connectivity index (χ2n) is 2.10. The standard InChI is InChI=1S/C6H10O.BrH/c7-6-4-2-1-3-5-6;/h1-5H2;1H/p-1. The second-order valence-corrected chi connectivity index (χ2v) is 2.10. The van der Waals surface area contributed by atoms with E-state index in [-0.39, 0.29) is 17.0 Å². The third kappa shape index (κ3) is 2.46. The van der Waals surface area contributed by atoms with E-state index in [1.54, 1.807) is 0 Å². The maximum atomic E-state index is 10.5. The molecule has 1 saturated carbocycles. The van der Waals surface area contributed by atoms with Gasteiger partial charge in [-0.2, -0.15) is 0 Å². The number of rotatable bonds is 0. The highest BCUT2D eigenvalue weighted by atomic mass is 79.9. The Kier molecular flexibility index (Phi) is 4.15. The van der Waals surface area contributed by atoms with Gasteiger partial charge in [-0.15, -0.1) is 0 Å². The molecule has 0 aromatic rings. The van der Waals surface area contributed by atoms with Crippen LogP contribution in [0.25, 0.3) is 0 Å².